The van der Waals surface area contributed by atoms with E-state index >= 15 is 0 Å². The molecular weight excluding hydrogens is 167 g/mol. The molecule has 3 N–H and O–H groups in total. The SMILES string of the molecule is Cc1ccc(C(F)(F)F)cc1.N. The minimum Gasteiger partial charge on any atom is -0.344 e. The van der Waals surface area contributed by atoms with E-state index < -0.39 is 11.7 Å². The first-order chi connectivity index (χ1) is 5.00. The van der Waals surface area contributed by atoms with Crippen molar-refractivity contribution in [3.63, 3.8) is 0 Å². The highest BCUT2D eigenvalue weighted by Gasteiger charge is 2.29. The molecule has 0 radical (unpaired) electrons. The summed E-state index contributed by atoms with van der Waals surface area (Å²) in [5.74, 6) is 0. The largest absolute Gasteiger partial charge is 0.416 e. The number of halogens is 3. The molecule has 0 saturated carbocycles. The van der Waals surface area contributed by atoms with Gasteiger partial charge in [-0.25, -0.2) is 0 Å². The Morgan fingerprint density at radius 3 is 1.75 bits per heavy atom. The molecule has 1 aromatic carbocycles. The van der Waals surface area contributed by atoms with Gasteiger partial charge in [0.1, 0.15) is 0 Å². The molecule has 0 saturated heterocycles. The first-order valence-electron chi connectivity index (χ1n) is 3.14. The van der Waals surface area contributed by atoms with Crippen molar-refractivity contribution in [2.45, 2.75) is 13.1 Å². The summed E-state index contributed by atoms with van der Waals surface area (Å²) >= 11 is 0. The van der Waals surface area contributed by atoms with Crippen molar-refractivity contribution in [1.29, 1.82) is 0 Å². The van der Waals surface area contributed by atoms with Crippen LogP contribution >= 0.6 is 0 Å². The minimum absolute atomic E-state index is 0. The van der Waals surface area contributed by atoms with Crippen molar-refractivity contribution < 1.29 is 13.2 Å². The van der Waals surface area contributed by atoms with E-state index in [9.17, 15) is 13.2 Å². The number of rotatable bonds is 0. The van der Waals surface area contributed by atoms with Crippen molar-refractivity contribution in [1.82, 2.24) is 6.15 Å². The van der Waals surface area contributed by atoms with E-state index in [1.165, 1.54) is 12.1 Å². The lowest BCUT2D eigenvalue weighted by molar-refractivity contribution is -0.137. The Labute approximate surface area is 68.8 Å². The molecule has 0 aliphatic rings. The summed E-state index contributed by atoms with van der Waals surface area (Å²) in [6, 6.07) is 5.05. The number of hydrogen-bond donors (Lipinski definition) is 1. The predicted octanol–water partition coefficient (Wildman–Crippen LogP) is 3.18. The lowest BCUT2D eigenvalue weighted by atomic mass is 10.1. The van der Waals surface area contributed by atoms with E-state index in [-0.39, 0.29) is 6.15 Å². The summed E-state index contributed by atoms with van der Waals surface area (Å²) < 4.78 is 35.8. The predicted molar refractivity (Wildman–Crippen MR) is 41.2 cm³/mol. The molecule has 0 atom stereocenters. The fraction of sp³-hybridized carbons (Fsp3) is 0.250. The van der Waals surface area contributed by atoms with Crippen LogP contribution < -0.4 is 6.15 Å². The van der Waals surface area contributed by atoms with Gasteiger partial charge >= 0.3 is 6.18 Å². The Bertz CT molecular complexity index is 237. The summed E-state index contributed by atoms with van der Waals surface area (Å²) in [5, 5.41) is 0. The molecule has 0 aromatic heterocycles. The fourth-order valence-electron chi connectivity index (χ4n) is 0.743. The Hall–Kier alpha value is -1.03. The molecule has 4 heteroatoms. The Morgan fingerprint density at radius 1 is 1.00 bits per heavy atom. The normalized spacial score (nSPS) is 10.7. The summed E-state index contributed by atoms with van der Waals surface area (Å²) in [7, 11) is 0. The van der Waals surface area contributed by atoms with Crippen LogP contribution in [0.25, 0.3) is 0 Å². The summed E-state index contributed by atoms with van der Waals surface area (Å²) in [5.41, 5.74) is 0.237. The average Bonchev–Trinajstić information content (AvgIpc) is 1.86. The van der Waals surface area contributed by atoms with E-state index in [0.717, 1.165) is 17.7 Å². The molecule has 0 unspecified atom stereocenters. The van der Waals surface area contributed by atoms with Crippen LogP contribution in [-0.2, 0) is 6.18 Å². The second-order valence-electron chi connectivity index (χ2n) is 2.36. The third kappa shape index (κ3) is 2.54. The zero-order valence-corrected chi connectivity index (χ0v) is 6.65. The third-order valence-corrected chi connectivity index (χ3v) is 1.38. The van der Waals surface area contributed by atoms with Crippen molar-refractivity contribution >= 4 is 0 Å². The zero-order valence-electron chi connectivity index (χ0n) is 6.65. The van der Waals surface area contributed by atoms with Gasteiger partial charge in [0.2, 0.25) is 0 Å². The van der Waals surface area contributed by atoms with Gasteiger partial charge in [-0.3, -0.25) is 0 Å². The van der Waals surface area contributed by atoms with Gasteiger partial charge in [0.15, 0.2) is 0 Å². The van der Waals surface area contributed by atoms with Gasteiger partial charge in [0, 0.05) is 0 Å². The molecule has 1 rings (SSSR count). The van der Waals surface area contributed by atoms with Gasteiger partial charge in [-0.05, 0) is 19.1 Å². The molecule has 0 amide bonds. The second-order valence-corrected chi connectivity index (χ2v) is 2.36. The van der Waals surface area contributed by atoms with Crippen molar-refractivity contribution in [2.24, 2.45) is 0 Å². The van der Waals surface area contributed by atoms with E-state index in [0.29, 0.717) is 0 Å². The van der Waals surface area contributed by atoms with E-state index in [1.54, 1.807) is 6.92 Å². The molecule has 1 aromatic rings. The van der Waals surface area contributed by atoms with Gasteiger partial charge in [0.05, 0.1) is 5.56 Å². The van der Waals surface area contributed by atoms with Crippen LogP contribution in [0.2, 0.25) is 0 Å². The first kappa shape index (κ1) is 11.0. The Kier molecular flexibility index (Phi) is 3.27. The van der Waals surface area contributed by atoms with Crippen LogP contribution in [0.4, 0.5) is 13.2 Å². The molecule has 0 aliphatic carbocycles. The quantitative estimate of drug-likeness (QED) is 0.648. The van der Waals surface area contributed by atoms with Gasteiger partial charge in [-0.2, -0.15) is 13.2 Å². The molecule has 0 heterocycles. The maximum absolute atomic E-state index is 11.9. The number of alkyl halides is 3. The molecule has 68 valence electrons. The van der Waals surface area contributed by atoms with Crippen molar-refractivity contribution in [2.75, 3.05) is 0 Å². The minimum atomic E-state index is -4.21. The molecule has 0 spiro atoms. The standard InChI is InChI=1S/C8H7F3.H3N/c1-6-2-4-7(5-3-6)8(9,10)11;/h2-5H,1H3;1H3. The summed E-state index contributed by atoms with van der Waals surface area (Å²) in [6.45, 7) is 1.75. The number of aryl methyl sites for hydroxylation is 1. The van der Waals surface area contributed by atoms with Crippen LogP contribution in [0.5, 0.6) is 0 Å². The number of benzene rings is 1. The third-order valence-electron chi connectivity index (χ3n) is 1.38. The molecule has 0 fully saturated rings. The highest BCUT2D eigenvalue weighted by molar-refractivity contribution is 5.23. The van der Waals surface area contributed by atoms with Gasteiger partial charge in [-0.1, -0.05) is 17.7 Å². The molecule has 0 bridgehead atoms. The monoisotopic (exact) mass is 177 g/mol. The summed E-state index contributed by atoms with van der Waals surface area (Å²) in [4.78, 5) is 0. The van der Waals surface area contributed by atoms with Crippen LogP contribution in [0.15, 0.2) is 24.3 Å². The van der Waals surface area contributed by atoms with Crippen LogP contribution in [0.3, 0.4) is 0 Å². The second kappa shape index (κ2) is 3.58. The van der Waals surface area contributed by atoms with E-state index in [1.807, 2.05) is 0 Å². The highest BCUT2D eigenvalue weighted by Crippen LogP contribution is 2.28. The maximum atomic E-state index is 11.9. The van der Waals surface area contributed by atoms with Gasteiger partial charge in [-0.15, -0.1) is 0 Å². The van der Waals surface area contributed by atoms with Crippen molar-refractivity contribution in [3.8, 4) is 0 Å². The van der Waals surface area contributed by atoms with E-state index in [4.69, 9.17) is 0 Å². The lowest BCUT2D eigenvalue weighted by Crippen LogP contribution is -2.03. The zero-order chi connectivity index (χ0) is 8.48. The fourth-order valence-corrected chi connectivity index (χ4v) is 0.743. The average molecular weight is 177 g/mol. The molecule has 0 aliphatic heterocycles. The van der Waals surface area contributed by atoms with E-state index in [2.05, 4.69) is 0 Å². The Morgan fingerprint density at radius 2 is 1.42 bits per heavy atom. The van der Waals surface area contributed by atoms with Gasteiger partial charge in [0.25, 0.3) is 0 Å². The number of hydrogen-bond acceptors (Lipinski definition) is 1. The van der Waals surface area contributed by atoms with Crippen LogP contribution in [-0.4, -0.2) is 0 Å². The van der Waals surface area contributed by atoms with Crippen LogP contribution in [0.1, 0.15) is 11.1 Å². The maximum Gasteiger partial charge on any atom is 0.416 e. The van der Waals surface area contributed by atoms with Gasteiger partial charge < -0.3 is 6.15 Å². The lowest BCUT2D eigenvalue weighted by Gasteiger charge is -2.05. The molecule has 12 heavy (non-hydrogen) atoms. The first-order valence-corrected chi connectivity index (χ1v) is 3.14. The Balaban J connectivity index is 0.00000121. The van der Waals surface area contributed by atoms with Crippen LogP contribution in [0, 0.1) is 6.92 Å². The highest BCUT2D eigenvalue weighted by atomic mass is 19.4. The smallest absolute Gasteiger partial charge is 0.344 e. The topological polar surface area (TPSA) is 35.0 Å². The molecular formula is C8H10F3N. The molecule has 1 nitrogen and oxygen atoms in total. The van der Waals surface area contributed by atoms with Crippen molar-refractivity contribution in [3.05, 3.63) is 35.4 Å². The summed E-state index contributed by atoms with van der Waals surface area (Å²) in [6.07, 6.45) is -4.21.